The number of unbranched alkanes of at least 4 members (excludes halogenated alkanes) is 2. The van der Waals surface area contributed by atoms with Crippen LogP contribution in [0.4, 0.5) is 0 Å². The van der Waals surface area contributed by atoms with E-state index in [1.165, 1.54) is 12.8 Å². The van der Waals surface area contributed by atoms with Gasteiger partial charge >= 0.3 is 17.1 Å². The molecule has 0 aromatic rings. The van der Waals surface area contributed by atoms with Crippen molar-refractivity contribution in [1.29, 1.82) is 0 Å². The van der Waals surface area contributed by atoms with Crippen LogP contribution in [0.1, 0.15) is 33.1 Å². The molecule has 0 aromatic heterocycles. The molecule has 0 rings (SSSR count). The molecule has 1 nitrogen and oxygen atoms in total. The SMILES string of the molecule is NC(=S)S.[CH2-]C.[CH2-]CCCC.[Cu+2]. The van der Waals surface area contributed by atoms with Gasteiger partial charge in [0.05, 0.1) is 0 Å². The largest absolute Gasteiger partial charge is 2.00 e. The van der Waals surface area contributed by atoms with Crippen LogP contribution in [0.15, 0.2) is 0 Å². The van der Waals surface area contributed by atoms with Crippen LogP contribution in [0.3, 0.4) is 0 Å². The Bertz CT molecular complexity index is 64.1. The van der Waals surface area contributed by atoms with E-state index in [9.17, 15) is 0 Å². The molecule has 12 heavy (non-hydrogen) atoms. The molecule has 0 atom stereocenters. The first-order valence-electron chi connectivity index (χ1n) is 3.63. The van der Waals surface area contributed by atoms with Gasteiger partial charge in [0.1, 0.15) is 4.32 Å². The summed E-state index contributed by atoms with van der Waals surface area (Å²) < 4.78 is 0.194. The van der Waals surface area contributed by atoms with Crippen molar-refractivity contribution < 1.29 is 17.1 Å². The van der Waals surface area contributed by atoms with Gasteiger partial charge in [-0.2, -0.15) is 13.3 Å². The first-order valence-corrected chi connectivity index (χ1v) is 4.49. The standard InChI is InChI=1S/C5H11.C2H5.CH3NS2.Cu/c1-3-5-4-2;1-2;2-1(3)4;/h1,3-5H2,2H3;1H2,2H3;(H3,2,3,4);/q2*-1;;+2. The number of rotatable bonds is 2. The van der Waals surface area contributed by atoms with E-state index in [-0.39, 0.29) is 21.4 Å². The zero-order valence-electron chi connectivity index (χ0n) is 7.77. The number of hydrogen-bond acceptors (Lipinski definition) is 1. The zero-order valence-corrected chi connectivity index (χ0v) is 10.4. The summed E-state index contributed by atoms with van der Waals surface area (Å²) in [5, 5.41) is 0. The molecule has 0 saturated heterocycles. The third-order valence-corrected chi connectivity index (χ3v) is 0.604. The molecule has 0 amide bonds. The number of nitrogens with two attached hydrogens (primary N) is 1. The molecule has 0 saturated carbocycles. The molecular formula is C8H19CuNS2. The fourth-order valence-corrected chi connectivity index (χ4v) is 0.250. The van der Waals surface area contributed by atoms with E-state index in [1.807, 2.05) is 0 Å². The van der Waals surface area contributed by atoms with Crippen molar-refractivity contribution in [2.45, 2.75) is 33.1 Å². The van der Waals surface area contributed by atoms with Gasteiger partial charge in [-0.05, 0) is 0 Å². The predicted molar refractivity (Wildman–Crippen MR) is 61.7 cm³/mol. The van der Waals surface area contributed by atoms with Crippen LogP contribution >= 0.6 is 24.8 Å². The van der Waals surface area contributed by atoms with E-state index in [2.05, 4.69) is 45.6 Å². The molecule has 2 N–H and O–H groups in total. The molecule has 4 heteroatoms. The number of hydrogen-bond donors (Lipinski definition) is 2. The molecule has 0 aliphatic carbocycles. The van der Waals surface area contributed by atoms with Gasteiger partial charge < -0.3 is 19.6 Å². The molecule has 1 radical (unpaired) electrons. The third-order valence-electron chi connectivity index (χ3n) is 0.604. The first kappa shape index (κ1) is 23.0. The fourth-order valence-electron chi connectivity index (χ4n) is 0.250. The summed E-state index contributed by atoms with van der Waals surface area (Å²) in [5.41, 5.74) is 4.71. The van der Waals surface area contributed by atoms with Gasteiger partial charge in [0, 0.05) is 0 Å². The summed E-state index contributed by atoms with van der Waals surface area (Å²) in [5.74, 6) is 0. The van der Waals surface area contributed by atoms with Crippen molar-refractivity contribution in [3.63, 3.8) is 0 Å². The Morgan fingerprint density at radius 3 is 1.75 bits per heavy atom. The van der Waals surface area contributed by atoms with Crippen LogP contribution in [0.5, 0.6) is 0 Å². The van der Waals surface area contributed by atoms with Crippen molar-refractivity contribution in [1.82, 2.24) is 0 Å². The van der Waals surface area contributed by atoms with Crippen LogP contribution < -0.4 is 5.73 Å². The predicted octanol–water partition coefficient (Wildman–Crippen LogP) is 3.01. The average Bonchev–Trinajstić information content (AvgIpc) is 1.93. The quantitative estimate of drug-likeness (QED) is 0.344. The summed E-state index contributed by atoms with van der Waals surface area (Å²) >= 11 is 7.65. The minimum absolute atomic E-state index is 0. The first-order chi connectivity index (χ1) is 5.15. The minimum atomic E-state index is 0. The maximum atomic E-state index is 4.71. The van der Waals surface area contributed by atoms with Gasteiger partial charge in [0.15, 0.2) is 0 Å². The Hall–Kier alpha value is 0.759. The summed E-state index contributed by atoms with van der Waals surface area (Å²) in [7, 11) is 0. The molecule has 0 aromatic carbocycles. The van der Waals surface area contributed by atoms with Gasteiger partial charge in [-0.1, -0.05) is 32.0 Å². The maximum absolute atomic E-state index is 4.71. The second kappa shape index (κ2) is 29.8. The molecule has 0 heterocycles. The molecule has 0 spiro atoms. The molecule has 79 valence electrons. The van der Waals surface area contributed by atoms with Crippen LogP contribution in [-0.4, -0.2) is 4.32 Å². The second-order valence-electron chi connectivity index (χ2n) is 1.55. The van der Waals surface area contributed by atoms with Gasteiger partial charge in [0.25, 0.3) is 0 Å². The summed E-state index contributed by atoms with van der Waals surface area (Å²) in [4.78, 5) is 0. The normalized spacial score (nSPS) is 6.08. The Kier molecular flexibility index (Phi) is 57.1. The van der Waals surface area contributed by atoms with Gasteiger partial charge in [-0.3, -0.25) is 0 Å². The summed E-state index contributed by atoms with van der Waals surface area (Å²) in [6, 6.07) is 0. The van der Waals surface area contributed by atoms with Crippen molar-refractivity contribution in [3.8, 4) is 0 Å². The number of thiol groups is 1. The fraction of sp³-hybridized carbons (Fsp3) is 0.625. The van der Waals surface area contributed by atoms with Gasteiger partial charge in [0.2, 0.25) is 0 Å². The molecule has 0 unspecified atom stereocenters. The molecular weight excluding hydrogens is 238 g/mol. The summed E-state index contributed by atoms with van der Waals surface area (Å²) in [6.07, 6.45) is 3.65. The van der Waals surface area contributed by atoms with Crippen LogP contribution in [0.25, 0.3) is 0 Å². The Balaban J connectivity index is -0.0000000419. The minimum Gasteiger partial charge on any atom is -0.385 e. The average molecular weight is 257 g/mol. The maximum Gasteiger partial charge on any atom is 2.00 e. The van der Waals surface area contributed by atoms with Crippen molar-refractivity contribution in [2.75, 3.05) is 0 Å². The van der Waals surface area contributed by atoms with E-state index in [0.29, 0.717) is 0 Å². The van der Waals surface area contributed by atoms with E-state index in [1.54, 1.807) is 6.92 Å². The van der Waals surface area contributed by atoms with Crippen molar-refractivity contribution >= 4 is 29.2 Å². The van der Waals surface area contributed by atoms with Crippen LogP contribution in [0, 0.1) is 13.8 Å². The second-order valence-corrected chi connectivity index (χ2v) is 2.77. The van der Waals surface area contributed by atoms with Crippen LogP contribution in [0.2, 0.25) is 0 Å². The Labute approximate surface area is 98.8 Å². The molecule has 0 fully saturated rings. The van der Waals surface area contributed by atoms with E-state index in [4.69, 9.17) is 5.73 Å². The topological polar surface area (TPSA) is 26.0 Å². The van der Waals surface area contributed by atoms with Crippen molar-refractivity contribution in [3.05, 3.63) is 13.8 Å². The monoisotopic (exact) mass is 256 g/mol. The van der Waals surface area contributed by atoms with Crippen LogP contribution in [-0.2, 0) is 17.1 Å². The Morgan fingerprint density at radius 1 is 1.50 bits per heavy atom. The van der Waals surface area contributed by atoms with Gasteiger partial charge in [-0.25, -0.2) is 0 Å². The van der Waals surface area contributed by atoms with E-state index < -0.39 is 0 Å². The molecule has 0 bridgehead atoms. The Morgan fingerprint density at radius 2 is 1.75 bits per heavy atom. The zero-order chi connectivity index (χ0) is 9.70. The third kappa shape index (κ3) is 135. The summed E-state index contributed by atoms with van der Waals surface area (Å²) in [6.45, 7) is 10.8. The van der Waals surface area contributed by atoms with Crippen molar-refractivity contribution in [2.24, 2.45) is 5.73 Å². The smallest absolute Gasteiger partial charge is 0.385 e. The van der Waals surface area contributed by atoms with E-state index >= 15 is 0 Å². The van der Waals surface area contributed by atoms with E-state index in [0.717, 1.165) is 6.42 Å². The number of thiocarbonyl (C=S) groups is 1. The molecule has 0 aliphatic rings. The van der Waals surface area contributed by atoms with Gasteiger partial charge in [-0.15, -0.1) is 12.6 Å². The molecule has 0 aliphatic heterocycles.